The Hall–Kier alpha value is -1.12. The Morgan fingerprint density at radius 3 is 2.88 bits per heavy atom. The average molecular weight is 309 g/mol. The van der Waals surface area contributed by atoms with Gasteiger partial charge in [0.05, 0.1) is 6.54 Å². The third kappa shape index (κ3) is 5.10. The number of carboxylic acid groups (broad SMARTS) is 1. The highest BCUT2D eigenvalue weighted by atomic mass is 79.9. The zero-order valence-electron chi connectivity index (χ0n) is 8.03. The van der Waals surface area contributed by atoms with Crippen LogP contribution in [0.25, 0.3) is 0 Å². The van der Waals surface area contributed by atoms with Gasteiger partial charge in [-0.2, -0.15) is 0 Å². The molecule has 0 spiro atoms. The van der Waals surface area contributed by atoms with E-state index in [1.807, 2.05) is 16.9 Å². The van der Waals surface area contributed by atoms with Crippen LogP contribution in [0.15, 0.2) is 15.9 Å². The number of aliphatic carboxylic acids is 1. The molecule has 0 unspecified atom stereocenters. The Morgan fingerprint density at radius 1 is 1.56 bits per heavy atom. The lowest BCUT2D eigenvalue weighted by Crippen LogP contribution is -2.36. The van der Waals surface area contributed by atoms with E-state index >= 15 is 0 Å². The van der Waals surface area contributed by atoms with Crippen molar-refractivity contribution < 1.29 is 19.5 Å². The van der Waals surface area contributed by atoms with Crippen LogP contribution in [-0.2, 0) is 16.2 Å². The molecule has 0 aliphatic rings. The average Bonchev–Trinajstić information content (AvgIpc) is 2.61. The molecule has 1 aromatic rings. The molecule has 88 valence electrons. The third-order valence-electron chi connectivity index (χ3n) is 1.41. The zero-order chi connectivity index (χ0) is 12.0. The van der Waals surface area contributed by atoms with Gasteiger partial charge < -0.3 is 10.4 Å². The molecule has 6 nitrogen and oxygen atoms in total. The summed E-state index contributed by atoms with van der Waals surface area (Å²) in [6.45, 7) is -0.212. The molecule has 0 saturated carbocycles. The van der Waals surface area contributed by atoms with Crippen molar-refractivity contribution in [1.29, 1.82) is 0 Å². The molecular weight excluding hydrogens is 300 g/mol. The number of carboxylic acids is 1. The molecule has 0 saturated heterocycles. The third-order valence-corrected chi connectivity index (χ3v) is 3.10. The lowest BCUT2D eigenvalue weighted by Gasteiger charge is -2.04. The molecule has 1 aromatic heterocycles. The zero-order valence-corrected chi connectivity index (χ0v) is 10.4. The van der Waals surface area contributed by atoms with Crippen LogP contribution in [0.3, 0.4) is 0 Å². The molecule has 2 amide bonds. The predicted molar refractivity (Wildman–Crippen MR) is 61.0 cm³/mol. The van der Waals surface area contributed by atoms with Crippen LogP contribution in [-0.4, -0.2) is 23.7 Å². The van der Waals surface area contributed by atoms with Crippen LogP contribution in [0.5, 0.6) is 0 Å². The molecular formula is C8H9BrN2O4S. The molecule has 0 aromatic carbocycles. The Balaban J connectivity index is 2.17. The maximum absolute atomic E-state index is 11.1. The topological polar surface area (TPSA) is 87.7 Å². The largest absolute Gasteiger partial charge is 0.479 e. The summed E-state index contributed by atoms with van der Waals surface area (Å²) in [6, 6.07) is 1.30. The summed E-state index contributed by atoms with van der Waals surface area (Å²) in [5.41, 5.74) is 1.95. The highest BCUT2D eigenvalue weighted by Crippen LogP contribution is 2.19. The van der Waals surface area contributed by atoms with Crippen molar-refractivity contribution in [2.24, 2.45) is 0 Å². The summed E-state index contributed by atoms with van der Waals surface area (Å²) in [4.78, 5) is 26.5. The maximum Gasteiger partial charge on any atom is 0.339 e. The van der Waals surface area contributed by atoms with E-state index in [-0.39, 0.29) is 0 Å². The standard InChI is InChI=1S/C8H9BrN2O4S/c9-5-1-6(16-4-5)2-10-8(14)11-15-3-7(12)13/h1,4H,2-3H2,(H,12,13)(H2,10,11,14). The molecule has 0 aliphatic heterocycles. The van der Waals surface area contributed by atoms with E-state index in [1.165, 1.54) is 11.3 Å². The minimum atomic E-state index is -1.15. The summed E-state index contributed by atoms with van der Waals surface area (Å²) in [5.74, 6) is -1.15. The van der Waals surface area contributed by atoms with E-state index in [2.05, 4.69) is 26.1 Å². The van der Waals surface area contributed by atoms with E-state index < -0.39 is 18.6 Å². The van der Waals surface area contributed by atoms with E-state index in [9.17, 15) is 9.59 Å². The molecule has 8 heteroatoms. The van der Waals surface area contributed by atoms with Gasteiger partial charge in [-0.25, -0.2) is 15.1 Å². The van der Waals surface area contributed by atoms with E-state index in [1.54, 1.807) is 0 Å². The van der Waals surface area contributed by atoms with Crippen LogP contribution < -0.4 is 10.8 Å². The van der Waals surface area contributed by atoms with Crippen LogP contribution in [0.1, 0.15) is 4.88 Å². The first kappa shape index (κ1) is 12.9. The Bertz CT molecular complexity index is 382. The number of thiophene rings is 1. The van der Waals surface area contributed by atoms with Crippen molar-refractivity contribution in [3.8, 4) is 0 Å². The number of hydrogen-bond donors (Lipinski definition) is 3. The van der Waals surface area contributed by atoms with Crippen molar-refractivity contribution in [3.63, 3.8) is 0 Å². The molecule has 0 radical (unpaired) electrons. The monoisotopic (exact) mass is 308 g/mol. The van der Waals surface area contributed by atoms with Crippen molar-refractivity contribution in [3.05, 3.63) is 20.8 Å². The number of hydroxylamine groups is 1. The fourth-order valence-corrected chi connectivity index (χ4v) is 2.20. The summed E-state index contributed by atoms with van der Waals surface area (Å²) < 4.78 is 0.955. The Morgan fingerprint density at radius 2 is 2.31 bits per heavy atom. The highest BCUT2D eigenvalue weighted by Gasteiger charge is 2.03. The Kier molecular flexibility index (Phi) is 5.23. The number of hydrogen-bond acceptors (Lipinski definition) is 4. The fraction of sp³-hybridized carbons (Fsp3) is 0.250. The van der Waals surface area contributed by atoms with Crippen LogP contribution in [0.4, 0.5) is 4.79 Å². The quantitative estimate of drug-likeness (QED) is 0.716. The molecule has 0 bridgehead atoms. The molecule has 1 rings (SSSR count). The van der Waals surface area contributed by atoms with Crippen LogP contribution in [0, 0.1) is 0 Å². The highest BCUT2D eigenvalue weighted by molar-refractivity contribution is 9.10. The second-order valence-corrected chi connectivity index (χ2v) is 4.61. The van der Waals surface area contributed by atoms with Gasteiger partial charge in [0.25, 0.3) is 0 Å². The van der Waals surface area contributed by atoms with Gasteiger partial charge in [0.1, 0.15) is 0 Å². The number of halogens is 1. The minimum Gasteiger partial charge on any atom is -0.479 e. The van der Waals surface area contributed by atoms with Gasteiger partial charge in [-0.05, 0) is 22.0 Å². The summed E-state index contributed by atoms with van der Waals surface area (Å²) in [5, 5.41) is 12.6. The van der Waals surface area contributed by atoms with Crippen LogP contribution >= 0.6 is 27.3 Å². The van der Waals surface area contributed by atoms with Crippen LogP contribution in [0.2, 0.25) is 0 Å². The number of amides is 2. The van der Waals surface area contributed by atoms with Crippen molar-refractivity contribution in [2.75, 3.05) is 6.61 Å². The second-order valence-electron chi connectivity index (χ2n) is 2.70. The number of urea groups is 1. The SMILES string of the molecule is O=C(O)CONC(=O)NCc1cc(Br)cs1. The second kappa shape index (κ2) is 6.46. The first-order valence-corrected chi connectivity index (χ1v) is 5.85. The fourth-order valence-electron chi connectivity index (χ4n) is 0.813. The number of rotatable bonds is 5. The Labute approximate surface area is 104 Å². The molecule has 0 fully saturated rings. The molecule has 16 heavy (non-hydrogen) atoms. The molecule has 0 aliphatic carbocycles. The number of carbonyl (C=O) groups excluding carboxylic acids is 1. The van der Waals surface area contributed by atoms with Gasteiger partial charge in [-0.3, -0.25) is 4.84 Å². The van der Waals surface area contributed by atoms with Crippen molar-refractivity contribution in [1.82, 2.24) is 10.8 Å². The summed E-state index contributed by atoms with van der Waals surface area (Å²) in [7, 11) is 0. The van der Waals surface area contributed by atoms with Gasteiger partial charge in [-0.1, -0.05) is 0 Å². The molecule has 0 atom stereocenters. The predicted octanol–water partition coefficient (Wildman–Crippen LogP) is 1.33. The van der Waals surface area contributed by atoms with Gasteiger partial charge in [0, 0.05) is 14.7 Å². The van der Waals surface area contributed by atoms with Gasteiger partial charge in [-0.15, -0.1) is 11.3 Å². The number of carbonyl (C=O) groups is 2. The first-order valence-electron chi connectivity index (χ1n) is 4.18. The van der Waals surface area contributed by atoms with Gasteiger partial charge in [0.15, 0.2) is 6.61 Å². The van der Waals surface area contributed by atoms with Gasteiger partial charge >= 0.3 is 12.0 Å². The minimum absolute atomic E-state index is 0.360. The number of nitrogens with one attached hydrogen (secondary N) is 2. The first-order chi connectivity index (χ1) is 7.58. The summed E-state index contributed by atoms with van der Waals surface area (Å²) in [6.07, 6.45) is 0. The van der Waals surface area contributed by atoms with Crippen molar-refractivity contribution in [2.45, 2.75) is 6.54 Å². The smallest absolute Gasteiger partial charge is 0.339 e. The molecule has 3 N–H and O–H groups in total. The lowest BCUT2D eigenvalue weighted by molar-refractivity contribution is -0.144. The summed E-state index contributed by atoms with van der Waals surface area (Å²) >= 11 is 4.79. The van der Waals surface area contributed by atoms with E-state index in [4.69, 9.17) is 5.11 Å². The normalized spacial score (nSPS) is 9.81. The maximum atomic E-state index is 11.1. The van der Waals surface area contributed by atoms with E-state index in [0.717, 1.165) is 9.35 Å². The lowest BCUT2D eigenvalue weighted by atomic mass is 10.5. The van der Waals surface area contributed by atoms with E-state index in [0.29, 0.717) is 6.54 Å². The molecule has 1 heterocycles. The van der Waals surface area contributed by atoms with Gasteiger partial charge in [0.2, 0.25) is 0 Å². The van der Waals surface area contributed by atoms with Crippen molar-refractivity contribution >= 4 is 39.3 Å².